The molecular formula is C21H30N4O4. The number of benzene rings is 1. The van der Waals surface area contributed by atoms with Crippen LogP contribution in [0.4, 0.5) is 11.5 Å². The molecule has 0 radical (unpaired) electrons. The molecule has 1 fully saturated rings. The number of unbranched alkanes of at least 4 members (excludes halogenated alkanes) is 1. The van der Waals surface area contributed by atoms with Gasteiger partial charge in [-0.1, -0.05) is 31.0 Å². The van der Waals surface area contributed by atoms with Gasteiger partial charge in [-0.2, -0.15) is 0 Å². The van der Waals surface area contributed by atoms with Crippen molar-refractivity contribution in [3.63, 3.8) is 0 Å². The van der Waals surface area contributed by atoms with Gasteiger partial charge in [0.05, 0.1) is 26.9 Å². The highest BCUT2D eigenvalue weighted by molar-refractivity contribution is 5.63. The number of rotatable bonds is 7. The van der Waals surface area contributed by atoms with Gasteiger partial charge in [0, 0.05) is 25.2 Å². The predicted molar refractivity (Wildman–Crippen MR) is 114 cm³/mol. The van der Waals surface area contributed by atoms with Crippen molar-refractivity contribution in [3.05, 3.63) is 50.2 Å². The molecule has 8 heteroatoms. The number of hydrogen-bond donors (Lipinski definition) is 1. The highest BCUT2D eigenvalue weighted by Gasteiger charge is 2.24. The normalized spacial score (nSPS) is 14.2. The summed E-state index contributed by atoms with van der Waals surface area (Å²) in [6.45, 7) is 6.82. The minimum absolute atomic E-state index is 0.131. The number of nitrogens with zero attached hydrogens (tertiary/aromatic N) is 3. The fourth-order valence-corrected chi connectivity index (χ4v) is 3.66. The van der Waals surface area contributed by atoms with E-state index in [4.69, 9.17) is 15.2 Å². The fraction of sp³-hybridized carbons (Fsp3) is 0.524. The average Bonchev–Trinajstić information content (AvgIpc) is 2.72. The van der Waals surface area contributed by atoms with Crippen LogP contribution in [0.5, 0.6) is 5.75 Å². The minimum atomic E-state index is -0.387. The molecule has 3 rings (SSSR count). The topological polar surface area (TPSA) is 91.7 Å². The van der Waals surface area contributed by atoms with Crippen molar-refractivity contribution in [2.45, 2.75) is 39.8 Å². The number of morpholine rings is 1. The zero-order valence-electron chi connectivity index (χ0n) is 17.4. The second kappa shape index (κ2) is 9.17. The van der Waals surface area contributed by atoms with Crippen LogP contribution in [-0.4, -0.2) is 42.5 Å². The Bertz CT molecular complexity index is 974. The van der Waals surface area contributed by atoms with Gasteiger partial charge >= 0.3 is 5.69 Å². The van der Waals surface area contributed by atoms with Gasteiger partial charge in [-0.25, -0.2) is 4.79 Å². The maximum Gasteiger partial charge on any atom is 0.332 e. The van der Waals surface area contributed by atoms with E-state index < -0.39 is 0 Å². The van der Waals surface area contributed by atoms with E-state index in [1.807, 2.05) is 30.0 Å². The van der Waals surface area contributed by atoms with E-state index in [1.165, 1.54) is 9.13 Å². The van der Waals surface area contributed by atoms with Gasteiger partial charge < -0.3 is 20.1 Å². The van der Waals surface area contributed by atoms with Gasteiger partial charge in [-0.3, -0.25) is 13.9 Å². The maximum atomic E-state index is 13.4. The summed E-state index contributed by atoms with van der Waals surface area (Å²) in [4.78, 5) is 28.5. The number of nitrogen functional groups attached to an aromatic ring is 1. The Morgan fingerprint density at radius 3 is 2.55 bits per heavy atom. The van der Waals surface area contributed by atoms with Gasteiger partial charge in [-0.05, 0) is 19.4 Å². The monoisotopic (exact) mass is 402 g/mol. The summed E-state index contributed by atoms with van der Waals surface area (Å²) < 4.78 is 13.7. The van der Waals surface area contributed by atoms with E-state index in [1.54, 1.807) is 7.11 Å². The third-order valence-corrected chi connectivity index (χ3v) is 5.27. The zero-order chi connectivity index (χ0) is 21.0. The van der Waals surface area contributed by atoms with Crippen LogP contribution in [0, 0.1) is 6.92 Å². The van der Waals surface area contributed by atoms with Crippen LogP contribution in [0.1, 0.15) is 30.9 Å². The summed E-state index contributed by atoms with van der Waals surface area (Å²) in [6, 6.07) is 5.73. The molecule has 2 N–H and O–H groups in total. The first kappa shape index (κ1) is 21.0. The summed E-state index contributed by atoms with van der Waals surface area (Å²) in [5, 5.41) is 0. The molecule has 0 unspecified atom stereocenters. The van der Waals surface area contributed by atoms with E-state index in [2.05, 4.69) is 6.92 Å². The first-order chi connectivity index (χ1) is 14.0. The molecular weight excluding hydrogens is 372 g/mol. The van der Waals surface area contributed by atoms with E-state index in [0.29, 0.717) is 44.3 Å². The quantitative estimate of drug-likeness (QED) is 0.756. The number of hydrogen-bond acceptors (Lipinski definition) is 6. The van der Waals surface area contributed by atoms with Gasteiger partial charge in [0.15, 0.2) is 0 Å². The Kier molecular flexibility index (Phi) is 6.64. The second-order valence-electron chi connectivity index (χ2n) is 7.33. The Hall–Kier alpha value is -2.74. The van der Waals surface area contributed by atoms with E-state index in [0.717, 1.165) is 24.0 Å². The molecule has 2 aromatic rings. The summed E-state index contributed by atoms with van der Waals surface area (Å²) >= 11 is 0. The van der Waals surface area contributed by atoms with Crippen LogP contribution >= 0.6 is 0 Å². The lowest BCUT2D eigenvalue weighted by Gasteiger charge is -2.30. The molecule has 1 aliphatic rings. The van der Waals surface area contributed by atoms with Crippen molar-refractivity contribution < 1.29 is 9.47 Å². The van der Waals surface area contributed by atoms with Crippen molar-refractivity contribution >= 4 is 11.5 Å². The number of anilines is 2. The Labute approximate surface area is 170 Å². The molecule has 0 atom stereocenters. The van der Waals surface area contributed by atoms with Crippen LogP contribution in [0.15, 0.2) is 27.8 Å². The van der Waals surface area contributed by atoms with Crippen molar-refractivity contribution in [2.75, 3.05) is 44.0 Å². The Morgan fingerprint density at radius 1 is 1.17 bits per heavy atom. The largest absolute Gasteiger partial charge is 0.496 e. The molecule has 1 aromatic carbocycles. The highest BCUT2D eigenvalue weighted by atomic mass is 16.5. The predicted octanol–water partition coefficient (Wildman–Crippen LogP) is 1.59. The zero-order valence-corrected chi connectivity index (χ0v) is 17.4. The summed E-state index contributed by atoms with van der Waals surface area (Å²) in [5.74, 6) is 0.884. The molecule has 29 heavy (non-hydrogen) atoms. The molecule has 1 aliphatic heterocycles. The first-order valence-electron chi connectivity index (χ1n) is 10.1. The Balaban J connectivity index is 2.16. The van der Waals surface area contributed by atoms with Crippen LogP contribution in [0.2, 0.25) is 0 Å². The molecule has 0 bridgehead atoms. The van der Waals surface area contributed by atoms with Crippen molar-refractivity contribution in [1.29, 1.82) is 0 Å². The lowest BCUT2D eigenvalue weighted by Crippen LogP contribution is -2.47. The smallest absolute Gasteiger partial charge is 0.332 e. The molecule has 0 saturated carbocycles. The molecule has 158 valence electrons. The fourth-order valence-electron chi connectivity index (χ4n) is 3.66. The molecule has 0 spiro atoms. The third-order valence-electron chi connectivity index (χ3n) is 5.27. The lowest BCUT2D eigenvalue weighted by atomic mass is 10.1. The van der Waals surface area contributed by atoms with Crippen LogP contribution in [0.3, 0.4) is 0 Å². The number of ether oxygens (including phenoxy) is 2. The van der Waals surface area contributed by atoms with E-state index in [-0.39, 0.29) is 23.6 Å². The average molecular weight is 402 g/mol. The number of methoxy groups -OCH3 is 1. The summed E-state index contributed by atoms with van der Waals surface area (Å²) in [6.07, 6.45) is 1.72. The van der Waals surface area contributed by atoms with Crippen molar-refractivity contribution in [3.8, 4) is 5.75 Å². The number of aromatic nitrogens is 2. The summed E-state index contributed by atoms with van der Waals surface area (Å²) in [5.41, 5.74) is 7.78. The van der Waals surface area contributed by atoms with Gasteiger partial charge in [0.1, 0.15) is 17.3 Å². The van der Waals surface area contributed by atoms with Crippen LogP contribution < -0.4 is 26.6 Å². The van der Waals surface area contributed by atoms with Crippen molar-refractivity contribution in [2.24, 2.45) is 0 Å². The third kappa shape index (κ3) is 4.32. The molecule has 0 amide bonds. The molecule has 0 aliphatic carbocycles. The van der Waals surface area contributed by atoms with Gasteiger partial charge in [0.25, 0.3) is 5.56 Å². The SMILES string of the molecule is CCCCn1c(N)c(N2CCOCC2)c(=O)n(Cc2cc(C)ccc2OC)c1=O. The second-order valence-corrected chi connectivity index (χ2v) is 7.33. The highest BCUT2D eigenvalue weighted by Crippen LogP contribution is 2.22. The Morgan fingerprint density at radius 2 is 1.90 bits per heavy atom. The molecule has 8 nitrogen and oxygen atoms in total. The van der Waals surface area contributed by atoms with E-state index >= 15 is 0 Å². The lowest BCUT2D eigenvalue weighted by molar-refractivity contribution is 0.122. The van der Waals surface area contributed by atoms with Crippen LogP contribution in [0.25, 0.3) is 0 Å². The van der Waals surface area contributed by atoms with Crippen LogP contribution in [-0.2, 0) is 17.8 Å². The standard InChI is InChI=1S/C21H30N4O4/c1-4-5-8-24-19(22)18(23-9-11-29-12-10-23)20(26)25(21(24)27)14-16-13-15(2)6-7-17(16)28-3/h6-7,13H,4-5,8-12,14,22H2,1-3H3. The summed E-state index contributed by atoms with van der Waals surface area (Å²) in [7, 11) is 1.58. The first-order valence-corrected chi connectivity index (χ1v) is 10.1. The number of aryl methyl sites for hydroxylation is 1. The van der Waals surface area contributed by atoms with Gasteiger partial charge in [0.2, 0.25) is 0 Å². The van der Waals surface area contributed by atoms with Crippen molar-refractivity contribution in [1.82, 2.24) is 9.13 Å². The molecule has 2 heterocycles. The maximum absolute atomic E-state index is 13.4. The minimum Gasteiger partial charge on any atom is -0.496 e. The molecule has 1 saturated heterocycles. The molecule has 1 aromatic heterocycles. The number of nitrogens with two attached hydrogens (primary N) is 1. The van der Waals surface area contributed by atoms with Gasteiger partial charge in [-0.15, -0.1) is 0 Å². The van der Waals surface area contributed by atoms with E-state index in [9.17, 15) is 9.59 Å².